The second kappa shape index (κ2) is 6.57. The van der Waals surface area contributed by atoms with E-state index in [9.17, 15) is 4.39 Å². The third-order valence-corrected chi connectivity index (χ3v) is 4.00. The second-order valence-electron chi connectivity index (χ2n) is 4.81. The van der Waals surface area contributed by atoms with Gasteiger partial charge < -0.3 is 5.32 Å². The minimum absolute atomic E-state index is 0.0108. The zero-order valence-electron chi connectivity index (χ0n) is 11.4. The summed E-state index contributed by atoms with van der Waals surface area (Å²) in [5.41, 5.74) is 3.03. The molecule has 0 heterocycles. The Morgan fingerprint density at radius 3 is 2.45 bits per heavy atom. The molecule has 2 rings (SSSR count). The average molecular weight is 312 g/mol. The van der Waals surface area contributed by atoms with E-state index in [-0.39, 0.29) is 11.9 Å². The Morgan fingerprint density at radius 1 is 1.10 bits per heavy atom. The van der Waals surface area contributed by atoms with Gasteiger partial charge in [0.15, 0.2) is 0 Å². The Labute approximate surface area is 128 Å². The van der Waals surface area contributed by atoms with Gasteiger partial charge >= 0.3 is 0 Å². The molecule has 1 unspecified atom stereocenters. The minimum atomic E-state index is -0.332. The lowest BCUT2D eigenvalue weighted by Gasteiger charge is -2.19. The highest BCUT2D eigenvalue weighted by Crippen LogP contribution is 2.29. The maximum atomic E-state index is 13.1. The van der Waals surface area contributed by atoms with Crippen LogP contribution in [0.3, 0.4) is 0 Å². The number of hydrogen-bond acceptors (Lipinski definition) is 1. The highest BCUT2D eigenvalue weighted by atomic mass is 35.5. The number of halogens is 3. The van der Waals surface area contributed by atoms with Crippen LogP contribution in [0.1, 0.15) is 22.7 Å². The van der Waals surface area contributed by atoms with E-state index in [0.717, 1.165) is 21.7 Å². The van der Waals surface area contributed by atoms with E-state index in [1.54, 1.807) is 6.07 Å². The van der Waals surface area contributed by atoms with Crippen LogP contribution < -0.4 is 5.32 Å². The summed E-state index contributed by atoms with van der Waals surface area (Å²) in [4.78, 5) is 0. The predicted molar refractivity (Wildman–Crippen MR) is 83.1 cm³/mol. The summed E-state index contributed by atoms with van der Waals surface area (Å²) < 4.78 is 13.1. The SMILES string of the molecule is CNC(Cc1ccc(C)cc1Cl)c1ccc(F)cc1Cl. The predicted octanol–water partition coefficient (Wildman–Crippen LogP) is 4.94. The molecule has 0 spiro atoms. The first kappa shape index (κ1) is 15.3. The van der Waals surface area contributed by atoms with E-state index in [1.807, 2.05) is 32.2 Å². The summed E-state index contributed by atoms with van der Waals surface area (Å²) >= 11 is 12.4. The molecule has 1 nitrogen and oxygen atoms in total. The highest BCUT2D eigenvalue weighted by molar-refractivity contribution is 6.31. The maximum Gasteiger partial charge on any atom is 0.124 e. The van der Waals surface area contributed by atoms with Crippen LogP contribution in [0.25, 0.3) is 0 Å². The van der Waals surface area contributed by atoms with Crippen LogP contribution in [0.15, 0.2) is 36.4 Å². The number of rotatable bonds is 4. The van der Waals surface area contributed by atoms with E-state index in [1.165, 1.54) is 12.1 Å². The summed E-state index contributed by atoms with van der Waals surface area (Å²) in [6.07, 6.45) is 0.695. The molecule has 0 bridgehead atoms. The van der Waals surface area contributed by atoms with Crippen molar-refractivity contribution >= 4 is 23.2 Å². The Bertz CT molecular complexity index is 613. The van der Waals surface area contributed by atoms with Crippen molar-refractivity contribution in [3.63, 3.8) is 0 Å². The molecule has 0 amide bonds. The molecular weight excluding hydrogens is 296 g/mol. The molecule has 0 aromatic heterocycles. The summed E-state index contributed by atoms with van der Waals surface area (Å²) in [5.74, 6) is -0.332. The van der Waals surface area contributed by atoms with Gasteiger partial charge in [-0.2, -0.15) is 0 Å². The molecule has 20 heavy (non-hydrogen) atoms. The van der Waals surface area contributed by atoms with Crippen molar-refractivity contribution in [3.05, 3.63) is 69.0 Å². The first-order valence-corrected chi connectivity index (χ1v) is 7.14. The molecule has 0 saturated carbocycles. The Morgan fingerprint density at radius 2 is 1.85 bits per heavy atom. The number of nitrogens with one attached hydrogen (secondary N) is 1. The molecule has 4 heteroatoms. The summed E-state index contributed by atoms with van der Waals surface area (Å²) in [6.45, 7) is 2.00. The van der Waals surface area contributed by atoms with Gasteiger partial charge in [-0.05, 0) is 55.3 Å². The lowest BCUT2D eigenvalue weighted by molar-refractivity contribution is 0.586. The van der Waals surface area contributed by atoms with Gasteiger partial charge in [-0.25, -0.2) is 4.39 Å². The van der Waals surface area contributed by atoms with Crippen LogP contribution in [-0.2, 0) is 6.42 Å². The fraction of sp³-hybridized carbons (Fsp3) is 0.250. The largest absolute Gasteiger partial charge is 0.313 e. The lowest BCUT2D eigenvalue weighted by Crippen LogP contribution is -2.19. The lowest BCUT2D eigenvalue weighted by atomic mass is 9.98. The van der Waals surface area contributed by atoms with E-state index < -0.39 is 0 Å². The molecule has 0 aliphatic rings. The van der Waals surface area contributed by atoms with E-state index in [0.29, 0.717) is 11.4 Å². The minimum Gasteiger partial charge on any atom is -0.313 e. The Balaban J connectivity index is 2.28. The van der Waals surface area contributed by atoms with Crippen molar-refractivity contribution in [1.29, 1.82) is 0 Å². The van der Waals surface area contributed by atoms with Gasteiger partial charge in [0.05, 0.1) is 0 Å². The Hall–Kier alpha value is -1.09. The molecule has 0 fully saturated rings. The third kappa shape index (κ3) is 3.51. The monoisotopic (exact) mass is 311 g/mol. The molecule has 106 valence electrons. The normalized spacial score (nSPS) is 12.4. The fourth-order valence-electron chi connectivity index (χ4n) is 2.19. The summed E-state index contributed by atoms with van der Waals surface area (Å²) in [7, 11) is 1.85. The molecule has 1 atom stereocenters. The summed E-state index contributed by atoms with van der Waals surface area (Å²) in [5, 5.41) is 4.37. The van der Waals surface area contributed by atoms with Crippen molar-refractivity contribution in [3.8, 4) is 0 Å². The maximum absolute atomic E-state index is 13.1. The van der Waals surface area contributed by atoms with E-state index in [4.69, 9.17) is 23.2 Å². The molecule has 0 aliphatic carbocycles. The van der Waals surface area contributed by atoms with Crippen molar-refractivity contribution in [1.82, 2.24) is 5.32 Å². The first-order valence-electron chi connectivity index (χ1n) is 6.38. The van der Waals surface area contributed by atoms with Crippen molar-refractivity contribution in [2.24, 2.45) is 0 Å². The quantitative estimate of drug-likeness (QED) is 0.843. The van der Waals surface area contributed by atoms with Gasteiger partial charge in [0.25, 0.3) is 0 Å². The molecular formula is C16H16Cl2FN. The van der Waals surface area contributed by atoms with Crippen LogP contribution in [0.2, 0.25) is 10.0 Å². The molecule has 2 aromatic rings. The van der Waals surface area contributed by atoms with Gasteiger partial charge in [0.1, 0.15) is 5.82 Å². The zero-order valence-corrected chi connectivity index (χ0v) is 12.9. The van der Waals surface area contributed by atoms with Crippen molar-refractivity contribution in [2.45, 2.75) is 19.4 Å². The van der Waals surface area contributed by atoms with Gasteiger partial charge in [0, 0.05) is 16.1 Å². The number of benzene rings is 2. The molecule has 0 saturated heterocycles. The van der Waals surface area contributed by atoms with Crippen LogP contribution >= 0.6 is 23.2 Å². The average Bonchev–Trinajstić information content (AvgIpc) is 2.39. The zero-order chi connectivity index (χ0) is 14.7. The summed E-state index contributed by atoms with van der Waals surface area (Å²) in [6, 6.07) is 10.4. The molecule has 2 aromatic carbocycles. The standard InChI is InChI=1S/C16H16Cl2FN/c1-10-3-4-11(14(17)7-10)8-16(20-2)13-6-5-12(19)9-15(13)18/h3-7,9,16,20H,8H2,1-2H3. The fourth-order valence-corrected chi connectivity index (χ4v) is 2.80. The van der Waals surface area contributed by atoms with E-state index >= 15 is 0 Å². The van der Waals surface area contributed by atoms with E-state index in [2.05, 4.69) is 5.32 Å². The van der Waals surface area contributed by atoms with Gasteiger partial charge in [-0.15, -0.1) is 0 Å². The van der Waals surface area contributed by atoms with Crippen LogP contribution in [0.4, 0.5) is 4.39 Å². The number of likely N-dealkylation sites (N-methyl/N-ethyl adjacent to an activating group) is 1. The van der Waals surface area contributed by atoms with Crippen LogP contribution in [-0.4, -0.2) is 7.05 Å². The topological polar surface area (TPSA) is 12.0 Å². The second-order valence-corrected chi connectivity index (χ2v) is 5.62. The first-order chi connectivity index (χ1) is 9.51. The molecule has 0 aliphatic heterocycles. The smallest absolute Gasteiger partial charge is 0.124 e. The van der Waals surface area contributed by atoms with Gasteiger partial charge in [-0.1, -0.05) is 41.4 Å². The molecule has 1 N–H and O–H groups in total. The third-order valence-electron chi connectivity index (χ3n) is 3.32. The number of hydrogen-bond donors (Lipinski definition) is 1. The molecule has 0 radical (unpaired) electrons. The Kier molecular flexibility index (Phi) is 5.03. The number of aryl methyl sites for hydroxylation is 1. The van der Waals surface area contributed by atoms with Crippen molar-refractivity contribution in [2.75, 3.05) is 7.05 Å². The van der Waals surface area contributed by atoms with Crippen LogP contribution in [0, 0.1) is 12.7 Å². The highest BCUT2D eigenvalue weighted by Gasteiger charge is 2.15. The van der Waals surface area contributed by atoms with Crippen molar-refractivity contribution < 1.29 is 4.39 Å². The van der Waals surface area contributed by atoms with Gasteiger partial charge in [-0.3, -0.25) is 0 Å². The van der Waals surface area contributed by atoms with Crippen LogP contribution in [0.5, 0.6) is 0 Å². The van der Waals surface area contributed by atoms with Gasteiger partial charge in [0.2, 0.25) is 0 Å².